The van der Waals surface area contributed by atoms with E-state index in [-0.39, 0.29) is 49.3 Å². The van der Waals surface area contributed by atoms with Crippen molar-refractivity contribution in [2.24, 2.45) is 17.0 Å². The van der Waals surface area contributed by atoms with E-state index in [0.29, 0.717) is 18.4 Å². The summed E-state index contributed by atoms with van der Waals surface area (Å²) >= 11 is 0. The Labute approximate surface area is 220 Å². The zero-order chi connectivity index (χ0) is 28.0. The minimum Gasteiger partial charge on any atom is -0.457 e. The van der Waals surface area contributed by atoms with Crippen LogP contribution < -0.4 is 0 Å². The highest BCUT2D eigenvalue weighted by molar-refractivity contribution is 5.70. The third-order valence-corrected chi connectivity index (χ3v) is 7.53. The van der Waals surface area contributed by atoms with Crippen LogP contribution in [0.25, 0.3) is 0 Å². The number of cyclic esters (lactones) is 1. The molecule has 0 radical (unpaired) electrons. The number of carbonyl (C=O) groups excluding carboxylic acids is 1. The minimum atomic E-state index is -1.43. The molecule has 0 aromatic carbocycles. The fourth-order valence-electron chi connectivity index (χ4n) is 4.82. The molecule has 37 heavy (non-hydrogen) atoms. The molecule has 0 aliphatic carbocycles. The van der Waals surface area contributed by atoms with E-state index in [1.165, 1.54) is 13.0 Å². The van der Waals surface area contributed by atoms with Crippen LogP contribution in [0.5, 0.6) is 0 Å². The lowest BCUT2D eigenvalue weighted by Gasteiger charge is -2.30. The molecule has 2 heterocycles. The molecule has 9 heteroatoms. The summed E-state index contributed by atoms with van der Waals surface area (Å²) in [5, 5.41) is 45.2. The Balaban J connectivity index is 2.10. The van der Waals surface area contributed by atoms with Crippen LogP contribution >= 0.6 is 0 Å². The number of rotatable bonds is 9. The van der Waals surface area contributed by atoms with Crippen molar-refractivity contribution in [3.63, 3.8) is 0 Å². The van der Waals surface area contributed by atoms with Crippen LogP contribution in [-0.4, -0.2) is 74.2 Å². The molecule has 0 bridgehead atoms. The molecule has 4 N–H and O–H groups in total. The monoisotopic (exact) mass is 523 g/mol. The number of carbonyl (C=O) groups is 1. The molecule has 0 aromatic rings. The van der Waals surface area contributed by atoms with Crippen molar-refractivity contribution < 1.29 is 34.7 Å². The van der Waals surface area contributed by atoms with Crippen molar-refractivity contribution in [1.29, 1.82) is 0 Å². The predicted octanol–water partition coefficient (Wildman–Crippen LogP) is 3.34. The molecule has 0 aromatic heterocycles. The number of ether oxygens (including phenoxy) is 2. The smallest absolute Gasteiger partial charge is 0.309 e. The summed E-state index contributed by atoms with van der Waals surface area (Å²) in [6, 6.07) is -0.306. The van der Waals surface area contributed by atoms with Gasteiger partial charge in [-0.25, -0.2) is 0 Å². The molecule has 0 spiro atoms. The van der Waals surface area contributed by atoms with Crippen LogP contribution in [0.4, 0.5) is 0 Å². The van der Waals surface area contributed by atoms with Crippen LogP contribution in [0.1, 0.15) is 73.6 Å². The molecule has 10 unspecified atom stereocenters. The maximum absolute atomic E-state index is 12.5. The van der Waals surface area contributed by atoms with Gasteiger partial charge < -0.3 is 29.9 Å². The zero-order valence-electron chi connectivity index (χ0n) is 22.9. The lowest BCUT2D eigenvalue weighted by atomic mass is 9.89. The van der Waals surface area contributed by atoms with E-state index in [4.69, 9.17) is 9.47 Å². The average Bonchev–Trinajstić information content (AvgIpc) is 3.57. The number of hydrogen-bond donors (Lipinski definition) is 4. The van der Waals surface area contributed by atoms with E-state index in [9.17, 15) is 30.1 Å². The molecular weight excluding hydrogens is 478 g/mol. The quantitative estimate of drug-likeness (QED) is 0.118. The number of nitroso groups, excluding NO2 is 1. The van der Waals surface area contributed by atoms with Gasteiger partial charge in [-0.3, -0.25) is 4.79 Å². The summed E-state index contributed by atoms with van der Waals surface area (Å²) in [5.74, 6) is -0.889. The van der Waals surface area contributed by atoms with E-state index < -0.39 is 35.5 Å². The number of hydrogen-bond acceptors (Lipinski definition) is 9. The van der Waals surface area contributed by atoms with Crippen LogP contribution in [0.2, 0.25) is 0 Å². The molecule has 0 amide bonds. The fraction of sp³-hybridized carbons (Fsp3) is 0.750. The zero-order valence-corrected chi connectivity index (χ0v) is 22.9. The molecular formula is C28H45NO8. The Hall–Kier alpha value is -1.91. The number of epoxide rings is 1. The topological polar surface area (TPSA) is 149 Å². The highest BCUT2D eigenvalue weighted by atomic mass is 16.6. The number of aliphatic hydroxyl groups excluding tert-OH is 2. The van der Waals surface area contributed by atoms with E-state index in [2.05, 4.69) is 5.18 Å². The summed E-state index contributed by atoms with van der Waals surface area (Å²) < 4.78 is 11.4. The van der Waals surface area contributed by atoms with Crippen molar-refractivity contribution in [3.05, 3.63) is 40.9 Å². The normalized spacial score (nSPS) is 38.0. The van der Waals surface area contributed by atoms with Crippen molar-refractivity contribution >= 4 is 5.97 Å². The van der Waals surface area contributed by atoms with Gasteiger partial charge in [0.25, 0.3) is 0 Å². The highest BCUT2D eigenvalue weighted by Gasteiger charge is 2.47. The molecule has 10 atom stereocenters. The second-order valence-electron chi connectivity index (χ2n) is 11.3. The first kappa shape index (κ1) is 31.3. The fourth-order valence-corrected chi connectivity index (χ4v) is 4.82. The van der Waals surface area contributed by atoms with Gasteiger partial charge in [0.15, 0.2) is 0 Å². The molecule has 210 valence electrons. The van der Waals surface area contributed by atoms with Gasteiger partial charge in [-0.2, -0.15) is 4.91 Å². The highest BCUT2D eigenvalue weighted by Crippen LogP contribution is 2.38. The Kier molecular flexibility index (Phi) is 11.2. The SMILES string of the molecule is CCC(N=O)C(C)C1OC1CC(C)(O)/C=C/C=C(\C)C1OC(=O)CC(O)CCC(C)(O)C(O)/C=C/C1C. The van der Waals surface area contributed by atoms with Gasteiger partial charge >= 0.3 is 5.97 Å². The lowest BCUT2D eigenvalue weighted by molar-refractivity contribution is -0.151. The Bertz CT molecular complexity index is 864. The predicted molar refractivity (Wildman–Crippen MR) is 141 cm³/mol. The molecule has 2 aliphatic heterocycles. The number of aliphatic hydroxyl groups is 4. The molecule has 1 fully saturated rings. The first-order valence-electron chi connectivity index (χ1n) is 13.2. The summed E-state index contributed by atoms with van der Waals surface area (Å²) in [6.45, 7) is 10.7. The average molecular weight is 524 g/mol. The minimum absolute atomic E-state index is 0.0134. The van der Waals surface area contributed by atoms with Crippen molar-refractivity contribution in [2.75, 3.05) is 0 Å². The summed E-state index contributed by atoms with van der Waals surface area (Å²) in [5.41, 5.74) is -1.87. The number of allylic oxidation sites excluding steroid dienone is 2. The van der Waals surface area contributed by atoms with E-state index in [1.54, 1.807) is 38.2 Å². The van der Waals surface area contributed by atoms with Gasteiger partial charge in [-0.05, 0) is 45.6 Å². The van der Waals surface area contributed by atoms with E-state index in [0.717, 1.165) is 0 Å². The number of nitrogens with zero attached hydrogens (tertiary/aromatic N) is 1. The van der Waals surface area contributed by atoms with Crippen LogP contribution in [0.15, 0.2) is 41.1 Å². The lowest BCUT2D eigenvalue weighted by Crippen LogP contribution is -2.39. The molecule has 1 saturated heterocycles. The summed E-state index contributed by atoms with van der Waals surface area (Å²) in [4.78, 5) is 23.5. The Morgan fingerprint density at radius 3 is 2.65 bits per heavy atom. The number of esters is 1. The molecule has 2 rings (SSSR count). The Morgan fingerprint density at radius 1 is 1.35 bits per heavy atom. The van der Waals surface area contributed by atoms with E-state index >= 15 is 0 Å². The van der Waals surface area contributed by atoms with Gasteiger partial charge in [-0.1, -0.05) is 56.3 Å². The maximum atomic E-state index is 12.5. The second kappa shape index (κ2) is 13.2. The van der Waals surface area contributed by atoms with Crippen LogP contribution in [0.3, 0.4) is 0 Å². The maximum Gasteiger partial charge on any atom is 0.309 e. The third kappa shape index (κ3) is 9.41. The van der Waals surface area contributed by atoms with Crippen molar-refractivity contribution in [1.82, 2.24) is 0 Å². The molecule has 9 nitrogen and oxygen atoms in total. The van der Waals surface area contributed by atoms with Gasteiger partial charge in [-0.15, -0.1) is 0 Å². The standard InChI is InChI=1S/C28H45NO8/c1-7-21(29-35)19(4)26-22(36-26)16-27(5,33)13-8-9-17(2)25-18(3)10-11-23(31)28(6,34)14-12-20(30)15-24(32)37-25/h8-11,13,18-23,25-26,30-31,33-34H,7,12,14-16H2,1-6H3/b11-10+,13-8+,17-9+. The third-order valence-electron chi connectivity index (χ3n) is 7.53. The Morgan fingerprint density at radius 2 is 2.03 bits per heavy atom. The van der Waals surface area contributed by atoms with Gasteiger partial charge in [0.1, 0.15) is 12.2 Å². The van der Waals surface area contributed by atoms with Crippen molar-refractivity contribution in [2.45, 2.75) is 121 Å². The summed E-state index contributed by atoms with van der Waals surface area (Å²) in [6.07, 6.45) is 6.34. The first-order chi connectivity index (χ1) is 17.2. The second-order valence-corrected chi connectivity index (χ2v) is 11.3. The summed E-state index contributed by atoms with van der Waals surface area (Å²) in [7, 11) is 0. The molecule has 0 saturated carbocycles. The largest absolute Gasteiger partial charge is 0.457 e. The van der Waals surface area contributed by atoms with Crippen molar-refractivity contribution in [3.8, 4) is 0 Å². The van der Waals surface area contributed by atoms with Crippen LogP contribution in [0, 0.1) is 16.7 Å². The first-order valence-corrected chi connectivity index (χ1v) is 13.2. The van der Waals surface area contributed by atoms with E-state index in [1.807, 2.05) is 20.8 Å². The molecule has 2 aliphatic rings. The van der Waals surface area contributed by atoms with Crippen LogP contribution in [-0.2, 0) is 14.3 Å². The van der Waals surface area contributed by atoms with Gasteiger partial charge in [0.2, 0.25) is 0 Å². The van der Waals surface area contributed by atoms with Gasteiger partial charge in [0.05, 0.1) is 42.0 Å². The van der Waals surface area contributed by atoms with Gasteiger partial charge in [0, 0.05) is 18.3 Å².